The first-order chi connectivity index (χ1) is 14.0. The summed E-state index contributed by atoms with van der Waals surface area (Å²) in [7, 11) is 0. The van der Waals surface area contributed by atoms with Crippen LogP contribution < -0.4 is 10.9 Å². The summed E-state index contributed by atoms with van der Waals surface area (Å²) in [6, 6.07) is 13.3. The highest BCUT2D eigenvalue weighted by molar-refractivity contribution is 8.00. The van der Waals surface area contributed by atoms with E-state index in [2.05, 4.69) is 10.3 Å². The maximum Gasteiger partial charge on any atom is 0.266 e. The number of nitrogens with zero attached hydrogens (tertiary/aromatic N) is 2. The van der Waals surface area contributed by atoms with E-state index in [9.17, 15) is 14.0 Å². The minimum Gasteiger partial charge on any atom is -0.352 e. The van der Waals surface area contributed by atoms with Crippen molar-refractivity contribution < 1.29 is 9.18 Å². The lowest BCUT2D eigenvalue weighted by molar-refractivity contribution is -0.120. The van der Waals surface area contributed by atoms with Gasteiger partial charge in [-0.1, -0.05) is 48.9 Å². The van der Waals surface area contributed by atoms with Gasteiger partial charge in [0.25, 0.3) is 5.56 Å². The van der Waals surface area contributed by atoms with Gasteiger partial charge < -0.3 is 5.32 Å². The highest BCUT2D eigenvalue weighted by Crippen LogP contribution is 2.27. The molecule has 2 aromatic carbocycles. The average Bonchev–Trinajstić information content (AvgIpc) is 3.22. The first-order valence-corrected chi connectivity index (χ1v) is 10.7. The van der Waals surface area contributed by atoms with E-state index in [0.29, 0.717) is 16.1 Å². The Labute approximate surface area is 172 Å². The topological polar surface area (TPSA) is 64.0 Å². The molecule has 0 radical (unpaired) electrons. The maximum absolute atomic E-state index is 14.5. The van der Waals surface area contributed by atoms with Gasteiger partial charge in [0.15, 0.2) is 5.16 Å². The van der Waals surface area contributed by atoms with Crippen molar-refractivity contribution in [1.82, 2.24) is 14.9 Å². The predicted molar refractivity (Wildman–Crippen MR) is 113 cm³/mol. The molecule has 29 heavy (non-hydrogen) atoms. The number of rotatable bonds is 5. The predicted octanol–water partition coefficient (Wildman–Crippen LogP) is 4.06. The third kappa shape index (κ3) is 4.05. The standard InChI is InChI=1S/C22H22FN3O2S/c1-14(20(27)24-15-8-2-3-9-15)29-22-25-18-12-6-4-10-16(18)21(28)26(22)19-13-7-5-11-17(19)23/h4-7,10-15H,2-3,8-9H2,1H3,(H,24,27)/t14-/m0/s1. The van der Waals surface area contributed by atoms with Gasteiger partial charge >= 0.3 is 0 Å². The Morgan fingerprint density at radius 2 is 1.86 bits per heavy atom. The van der Waals surface area contributed by atoms with Gasteiger partial charge in [-0.3, -0.25) is 14.2 Å². The van der Waals surface area contributed by atoms with E-state index in [-0.39, 0.29) is 23.2 Å². The molecule has 0 spiro atoms. The number of benzene rings is 2. The Morgan fingerprint density at radius 3 is 2.62 bits per heavy atom. The van der Waals surface area contributed by atoms with Gasteiger partial charge in [0.05, 0.1) is 21.8 Å². The summed E-state index contributed by atoms with van der Waals surface area (Å²) in [4.78, 5) is 30.4. The Balaban J connectivity index is 1.74. The van der Waals surface area contributed by atoms with Crippen LogP contribution in [0.5, 0.6) is 0 Å². The summed E-state index contributed by atoms with van der Waals surface area (Å²) in [5.74, 6) is -0.610. The summed E-state index contributed by atoms with van der Waals surface area (Å²) >= 11 is 1.17. The van der Waals surface area contributed by atoms with Gasteiger partial charge in [-0.2, -0.15) is 0 Å². The minimum absolute atomic E-state index is 0.0932. The van der Waals surface area contributed by atoms with Crippen molar-refractivity contribution in [3.05, 3.63) is 64.7 Å². The molecule has 1 amide bonds. The van der Waals surface area contributed by atoms with Crippen LogP contribution in [0.25, 0.3) is 16.6 Å². The third-order valence-corrected chi connectivity index (χ3v) is 6.24. The Kier molecular flexibility index (Phi) is 5.67. The summed E-state index contributed by atoms with van der Waals surface area (Å²) in [5, 5.41) is 3.31. The molecule has 1 fully saturated rings. The van der Waals surface area contributed by atoms with E-state index in [4.69, 9.17) is 0 Å². The second-order valence-electron chi connectivity index (χ2n) is 7.25. The summed E-state index contributed by atoms with van der Waals surface area (Å²) in [6.45, 7) is 1.78. The highest BCUT2D eigenvalue weighted by Gasteiger charge is 2.24. The van der Waals surface area contributed by atoms with Crippen molar-refractivity contribution in [2.45, 2.75) is 49.1 Å². The van der Waals surface area contributed by atoms with Crippen LogP contribution in [0.4, 0.5) is 4.39 Å². The van der Waals surface area contributed by atoms with Crippen molar-refractivity contribution in [2.75, 3.05) is 0 Å². The second kappa shape index (κ2) is 8.37. The molecule has 4 rings (SSSR count). The molecule has 7 heteroatoms. The fourth-order valence-corrected chi connectivity index (χ4v) is 4.57. The molecular formula is C22H22FN3O2S. The average molecular weight is 412 g/mol. The number of carbonyl (C=O) groups excluding carboxylic acids is 1. The smallest absolute Gasteiger partial charge is 0.266 e. The molecular weight excluding hydrogens is 389 g/mol. The van der Waals surface area contributed by atoms with Gasteiger partial charge in [-0.15, -0.1) is 0 Å². The van der Waals surface area contributed by atoms with Crippen molar-refractivity contribution in [3.63, 3.8) is 0 Å². The fourth-order valence-electron chi connectivity index (χ4n) is 3.64. The zero-order chi connectivity index (χ0) is 20.4. The number of halogens is 1. The number of para-hydroxylation sites is 2. The van der Waals surface area contributed by atoms with Gasteiger partial charge in [0, 0.05) is 6.04 Å². The Bertz CT molecular complexity index is 1110. The van der Waals surface area contributed by atoms with Gasteiger partial charge in [-0.05, 0) is 44.0 Å². The Morgan fingerprint density at radius 1 is 1.17 bits per heavy atom. The molecule has 3 aromatic rings. The van der Waals surface area contributed by atoms with E-state index >= 15 is 0 Å². The summed E-state index contributed by atoms with van der Waals surface area (Å²) in [6.07, 6.45) is 4.26. The molecule has 0 aliphatic heterocycles. The van der Waals surface area contributed by atoms with E-state index in [1.807, 2.05) is 0 Å². The van der Waals surface area contributed by atoms with Crippen molar-refractivity contribution >= 4 is 28.6 Å². The number of fused-ring (bicyclic) bond motifs is 1. The van der Waals surface area contributed by atoms with Gasteiger partial charge in [-0.25, -0.2) is 9.37 Å². The Hall–Kier alpha value is -2.67. The van der Waals surface area contributed by atoms with E-state index < -0.39 is 11.1 Å². The quantitative estimate of drug-likeness (QED) is 0.508. The lowest BCUT2D eigenvalue weighted by Crippen LogP contribution is -2.38. The lowest BCUT2D eigenvalue weighted by atomic mass is 10.2. The molecule has 1 N–H and O–H groups in total. The van der Waals surface area contributed by atoms with E-state index in [0.717, 1.165) is 25.7 Å². The van der Waals surface area contributed by atoms with Gasteiger partial charge in [0.2, 0.25) is 5.91 Å². The van der Waals surface area contributed by atoms with Crippen LogP contribution in [0, 0.1) is 5.82 Å². The third-order valence-electron chi connectivity index (χ3n) is 5.19. The van der Waals surface area contributed by atoms with Crippen LogP contribution in [-0.4, -0.2) is 26.8 Å². The molecule has 1 aromatic heterocycles. The van der Waals surface area contributed by atoms with Crippen LogP contribution in [0.15, 0.2) is 58.5 Å². The summed E-state index contributed by atoms with van der Waals surface area (Å²) < 4.78 is 15.8. The summed E-state index contributed by atoms with van der Waals surface area (Å²) in [5.41, 5.74) is 0.296. The highest BCUT2D eigenvalue weighted by atomic mass is 32.2. The van der Waals surface area contributed by atoms with Crippen molar-refractivity contribution in [3.8, 4) is 5.69 Å². The molecule has 0 saturated heterocycles. The molecule has 1 aliphatic carbocycles. The van der Waals surface area contributed by atoms with E-state index in [1.54, 1.807) is 49.4 Å². The van der Waals surface area contributed by atoms with Crippen molar-refractivity contribution in [1.29, 1.82) is 0 Å². The maximum atomic E-state index is 14.5. The van der Waals surface area contributed by atoms with Crippen LogP contribution >= 0.6 is 11.8 Å². The molecule has 0 bridgehead atoms. The molecule has 150 valence electrons. The monoisotopic (exact) mass is 411 g/mol. The number of amides is 1. The van der Waals surface area contributed by atoms with E-state index in [1.165, 1.54) is 22.4 Å². The normalized spacial score (nSPS) is 15.5. The molecule has 1 atom stereocenters. The molecule has 0 unspecified atom stereocenters. The fraction of sp³-hybridized carbons (Fsp3) is 0.318. The SMILES string of the molecule is C[C@H](Sc1nc2ccccc2c(=O)n1-c1ccccc1F)C(=O)NC1CCCC1. The van der Waals surface area contributed by atoms with Crippen LogP contribution in [0.3, 0.4) is 0 Å². The molecule has 1 heterocycles. The van der Waals surface area contributed by atoms with Crippen LogP contribution in [-0.2, 0) is 4.79 Å². The number of thioether (sulfide) groups is 1. The second-order valence-corrected chi connectivity index (χ2v) is 8.56. The zero-order valence-electron chi connectivity index (χ0n) is 16.1. The first kappa shape index (κ1) is 19.6. The number of hydrogen-bond acceptors (Lipinski definition) is 4. The first-order valence-electron chi connectivity index (χ1n) is 9.78. The molecule has 1 aliphatic rings. The largest absolute Gasteiger partial charge is 0.352 e. The number of nitrogens with one attached hydrogen (secondary N) is 1. The number of carbonyl (C=O) groups is 1. The number of aromatic nitrogens is 2. The minimum atomic E-state index is -0.517. The number of hydrogen-bond donors (Lipinski definition) is 1. The van der Waals surface area contributed by atoms with Crippen molar-refractivity contribution in [2.24, 2.45) is 0 Å². The molecule has 1 saturated carbocycles. The van der Waals surface area contributed by atoms with Gasteiger partial charge in [0.1, 0.15) is 5.82 Å². The van der Waals surface area contributed by atoms with Crippen LogP contribution in [0.2, 0.25) is 0 Å². The lowest BCUT2D eigenvalue weighted by Gasteiger charge is -2.18. The van der Waals surface area contributed by atoms with Crippen LogP contribution in [0.1, 0.15) is 32.6 Å². The molecule has 5 nitrogen and oxygen atoms in total. The zero-order valence-corrected chi connectivity index (χ0v) is 16.9.